The van der Waals surface area contributed by atoms with E-state index in [2.05, 4.69) is 0 Å². The van der Waals surface area contributed by atoms with Crippen molar-refractivity contribution >= 4 is 17.3 Å². The Hall–Kier alpha value is -0.830. The van der Waals surface area contributed by atoms with Gasteiger partial charge in [-0.2, -0.15) is 0 Å². The summed E-state index contributed by atoms with van der Waals surface area (Å²) in [4.78, 5) is 11.7. The molecule has 0 aliphatic heterocycles. The Bertz CT molecular complexity index is 265. The number of thiophene rings is 1. The molecule has 0 aliphatic carbocycles. The van der Waals surface area contributed by atoms with Crippen molar-refractivity contribution in [3.8, 4) is 0 Å². The summed E-state index contributed by atoms with van der Waals surface area (Å²) in [7, 11) is 0. The minimum Gasteiger partial charge on any atom is -0.481 e. The second-order valence-electron chi connectivity index (χ2n) is 2.55. The zero-order chi connectivity index (χ0) is 8.43. The third-order valence-corrected chi connectivity index (χ3v) is 2.50. The van der Waals surface area contributed by atoms with Gasteiger partial charge in [-0.3, -0.25) is 4.79 Å². The van der Waals surface area contributed by atoms with Gasteiger partial charge in [0, 0.05) is 4.88 Å². The lowest BCUT2D eigenvalue weighted by Gasteiger charge is -2.00. The molecular formula is C8H10O2S. The van der Waals surface area contributed by atoms with E-state index in [1.807, 2.05) is 18.4 Å². The van der Waals surface area contributed by atoms with Crippen molar-refractivity contribution < 1.29 is 9.90 Å². The second-order valence-corrected chi connectivity index (χ2v) is 3.67. The van der Waals surface area contributed by atoms with Crippen molar-refractivity contribution in [2.75, 3.05) is 0 Å². The van der Waals surface area contributed by atoms with Gasteiger partial charge in [-0.15, -0.1) is 11.3 Å². The van der Waals surface area contributed by atoms with Crippen LogP contribution >= 0.6 is 11.3 Å². The maximum absolute atomic E-state index is 10.5. The number of aliphatic carboxylic acids is 1. The topological polar surface area (TPSA) is 37.3 Å². The minimum atomic E-state index is -0.761. The van der Waals surface area contributed by atoms with Crippen LogP contribution in [0.15, 0.2) is 11.4 Å². The van der Waals surface area contributed by atoms with Gasteiger partial charge in [0.2, 0.25) is 0 Å². The molecule has 0 fully saturated rings. The molecule has 1 aromatic rings. The quantitative estimate of drug-likeness (QED) is 0.739. The maximum Gasteiger partial charge on any atom is 0.310 e. The summed E-state index contributed by atoms with van der Waals surface area (Å²) in [5.41, 5.74) is 0.903. The van der Waals surface area contributed by atoms with Gasteiger partial charge in [0.05, 0.1) is 5.92 Å². The van der Waals surface area contributed by atoms with Gasteiger partial charge < -0.3 is 5.11 Å². The Morgan fingerprint density at radius 1 is 1.73 bits per heavy atom. The van der Waals surface area contributed by atoms with Crippen molar-refractivity contribution in [1.29, 1.82) is 0 Å². The first-order valence-electron chi connectivity index (χ1n) is 3.39. The summed E-state index contributed by atoms with van der Waals surface area (Å²) < 4.78 is 0. The molecule has 0 aliphatic rings. The van der Waals surface area contributed by atoms with E-state index in [0.717, 1.165) is 10.4 Å². The Morgan fingerprint density at radius 3 is 2.73 bits per heavy atom. The second kappa shape index (κ2) is 3.05. The molecule has 1 aromatic heterocycles. The predicted molar refractivity (Wildman–Crippen MR) is 45.1 cm³/mol. The van der Waals surface area contributed by atoms with Crippen LogP contribution in [-0.2, 0) is 4.79 Å². The van der Waals surface area contributed by atoms with Gasteiger partial charge in [-0.05, 0) is 30.9 Å². The van der Waals surface area contributed by atoms with Crippen LogP contribution in [0.25, 0.3) is 0 Å². The van der Waals surface area contributed by atoms with Crippen LogP contribution in [0.2, 0.25) is 0 Å². The highest BCUT2D eigenvalue weighted by atomic mass is 32.1. The monoisotopic (exact) mass is 170 g/mol. The van der Waals surface area contributed by atoms with Gasteiger partial charge in [-0.1, -0.05) is 0 Å². The van der Waals surface area contributed by atoms with Crippen molar-refractivity contribution in [3.63, 3.8) is 0 Å². The highest BCUT2D eigenvalue weighted by molar-refractivity contribution is 7.10. The summed E-state index contributed by atoms with van der Waals surface area (Å²) in [5.74, 6) is -1.14. The number of carbonyl (C=O) groups is 1. The van der Waals surface area contributed by atoms with Gasteiger partial charge in [0.15, 0.2) is 0 Å². The fraction of sp³-hybridized carbons (Fsp3) is 0.375. The minimum absolute atomic E-state index is 0.375. The first kappa shape index (κ1) is 8.27. The molecule has 0 spiro atoms. The van der Waals surface area contributed by atoms with E-state index in [1.165, 1.54) is 0 Å². The molecule has 1 unspecified atom stereocenters. The Kier molecular flexibility index (Phi) is 2.29. The molecule has 0 bridgehead atoms. The van der Waals surface area contributed by atoms with Crippen LogP contribution in [0.4, 0.5) is 0 Å². The fourth-order valence-corrected chi connectivity index (χ4v) is 1.63. The van der Waals surface area contributed by atoms with E-state index < -0.39 is 5.97 Å². The average Bonchev–Trinajstić information content (AvgIpc) is 2.34. The van der Waals surface area contributed by atoms with Crippen LogP contribution < -0.4 is 0 Å². The van der Waals surface area contributed by atoms with Crippen LogP contribution in [-0.4, -0.2) is 11.1 Å². The zero-order valence-electron chi connectivity index (χ0n) is 6.50. The number of carboxylic acids is 1. The lowest BCUT2D eigenvalue weighted by atomic mass is 10.1. The van der Waals surface area contributed by atoms with Gasteiger partial charge in [0.25, 0.3) is 0 Å². The van der Waals surface area contributed by atoms with E-state index in [-0.39, 0.29) is 5.92 Å². The first-order chi connectivity index (χ1) is 5.11. The molecular weight excluding hydrogens is 160 g/mol. The van der Waals surface area contributed by atoms with Crippen LogP contribution in [0.3, 0.4) is 0 Å². The number of hydrogen-bond acceptors (Lipinski definition) is 2. The summed E-state index contributed by atoms with van der Waals surface area (Å²) in [6.07, 6.45) is 0. The highest BCUT2D eigenvalue weighted by Crippen LogP contribution is 2.21. The SMILES string of the molecule is Cc1cc(C(C)C(=O)O)cs1. The number of aryl methyl sites for hydroxylation is 1. The smallest absolute Gasteiger partial charge is 0.310 e. The van der Waals surface area contributed by atoms with Crippen molar-refractivity contribution in [3.05, 3.63) is 21.9 Å². The molecule has 1 atom stereocenters. The summed E-state index contributed by atoms with van der Waals surface area (Å²) in [6, 6.07) is 1.92. The summed E-state index contributed by atoms with van der Waals surface area (Å²) in [6.45, 7) is 3.67. The average molecular weight is 170 g/mol. The lowest BCUT2D eigenvalue weighted by molar-refractivity contribution is -0.138. The maximum atomic E-state index is 10.5. The lowest BCUT2D eigenvalue weighted by Crippen LogP contribution is -2.05. The molecule has 3 heteroatoms. The largest absolute Gasteiger partial charge is 0.481 e. The summed E-state index contributed by atoms with van der Waals surface area (Å²) in [5, 5.41) is 10.5. The standard InChI is InChI=1S/C8H10O2S/c1-5-3-7(4-11-5)6(2)8(9)10/h3-4,6H,1-2H3,(H,9,10). The van der Waals surface area contributed by atoms with E-state index in [0.29, 0.717) is 0 Å². The molecule has 1 heterocycles. The molecule has 0 saturated carbocycles. The number of hydrogen-bond donors (Lipinski definition) is 1. The van der Waals surface area contributed by atoms with Crippen molar-refractivity contribution in [2.45, 2.75) is 19.8 Å². The molecule has 0 aromatic carbocycles. The molecule has 1 N–H and O–H groups in total. The number of rotatable bonds is 2. The molecule has 1 rings (SSSR count). The van der Waals surface area contributed by atoms with Crippen LogP contribution in [0.1, 0.15) is 23.3 Å². The van der Waals surface area contributed by atoms with Gasteiger partial charge in [-0.25, -0.2) is 0 Å². The normalized spacial score (nSPS) is 12.9. The van der Waals surface area contributed by atoms with E-state index in [1.54, 1.807) is 18.3 Å². The first-order valence-corrected chi connectivity index (χ1v) is 4.27. The third-order valence-electron chi connectivity index (χ3n) is 1.62. The third kappa shape index (κ3) is 1.80. The molecule has 2 nitrogen and oxygen atoms in total. The predicted octanol–water partition coefficient (Wildman–Crippen LogP) is 2.24. The van der Waals surface area contributed by atoms with Crippen LogP contribution in [0.5, 0.6) is 0 Å². The van der Waals surface area contributed by atoms with Crippen LogP contribution in [0, 0.1) is 6.92 Å². The van der Waals surface area contributed by atoms with Gasteiger partial charge in [0.1, 0.15) is 0 Å². The van der Waals surface area contributed by atoms with Crippen molar-refractivity contribution in [1.82, 2.24) is 0 Å². The highest BCUT2D eigenvalue weighted by Gasteiger charge is 2.13. The zero-order valence-corrected chi connectivity index (χ0v) is 7.31. The molecule has 0 saturated heterocycles. The Balaban J connectivity index is 2.84. The molecule has 0 radical (unpaired) electrons. The van der Waals surface area contributed by atoms with Crippen molar-refractivity contribution in [2.24, 2.45) is 0 Å². The van der Waals surface area contributed by atoms with E-state index >= 15 is 0 Å². The molecule has 60 valence electrons. The summed E-state index contributed by atoms with van der Waals surface area (Å²) >= 11 is 1.59. The van der Waals surface area contributed by atoms with E-state index in [4.69, 9.17) is 5.11 Å². The Morgan fingerprint density at radius 2 is 2.36 bits per heavy atom. The molecule has 0 amide bonds. The molecule has 11 heavy (non-hydrogen) atoms. The van der Waals surface area contributed by atoms with E-state index in [9.17, 15) is 4.79 Å². The fourth-order valence-electron chi connectivity index (χ4n) is 0.833. The Labute approximate surface area is 69.5 Å². The van der Waals surface area contributed by atoms with Gasteiger partial charge >= 0.3 is 5.97 Å². The number of carboxylic acid groups (broad SMARTS) is 1.